The molecule has 3 N–H and O–H groups in total. The van der Waals surface area contributed by atoms with Crippen molar-refractivity contribution in [1.82, 2.24) is 5.32 Å². The van der Waals surface area contributed by atoms with Crippen LogP contribution in [-0.4, -0.2) is 23.5 Å². The molecule has 25 heavy (non-hydrogen) atoms. The van der Waals surface area contributed by atoms with E-state index in [1.807, 2.05) is 0 Å². The molecule has 134 valence electrons. The summed E-state index contributed by atoms with van der Waals surface area (Å²) in [5.74, 6) is -1.10. The van der Waals surface area contributed by atoms with E-state index in [1.165, 1.54) is 12.1 Å². The molecule has 0 aliphatic heterocycles. The summed E-state index contributed by atoms with van der Waals surface area (Å²) in [7, 11) is 0. The van der Waals surface area contributed by atoms with Gasteiger partial charge in [0.05, 0.1) is 11.1 Å². The number of hydrogen-bond donors (Lipinski definition) is 3. The van der Waals surface area contributed by atoms with Gasteiger partial charge in [-0.05, 0) is 44.5 Å². The molecular formula is C17H18ClFN2O4. The zero-order chi connectivity index (χ0) is 18.6. The van der Waals surface area contributed by atoms with E-state index in [0.29, 0.717) is 17.1 Å². The SMILES string of the molecule is Cc1cc([C@@H](O)CCNC(=O)C(=O)Nc2ccc(F)c(Cl)c2)c(C)o1. The minimum atomic E-state index is -0.910. The molecule has 8 heteroatoms. The standard InChI is InChI=1S/C17H18ClFN2O4/c1-9-7-12(10(2)25-9)15(22)5-6-20-16(23)17(24)21-11-3-4-14(19)13(18)8-11/h3-4,7-8,15,22H,5-6H2,1-2H3,(H,20,23)(H,21,24)/t15-/m0/s1. The zero-order valence-corrected chi connectivity index (χ0v) is 14.5. The summed E-state index contributed by atoms with van der Waals surface area (Å²) < 4.78 is 18.4. The first kappa shape index (κ1) is 19.0. The molecule has 0 aliphatic carbocycles. The lowest BCUT2D eigenvalue weighted by Crippen LogP contribution is -2.36. The van der Waals surface area contributed by atoms with Gasteiger partial charge in [-0.3, -0.25) is 9.59 Å². The fourth-order valence-electron chi connectivity index (χ4n) is 2.30. The van der Waals surface area contributed by atoms with E-state index in [-0.39, 0.29) is 23.7 Å². The molecular weight excluding hydrogens is 351 g/mol. The Balaban J connectivity index is 1.82. The second kappa shape index (κ2) is 8.13. The number of furan rings is 1. The number of halogens is 2. The van der Waals surface area contributed by atoms with Crippen LogP contribution in [0.15, 0.2) is 28.7 Å². The minimum absolute atomic E-state index is 0.0985. The van der Waals surface area contributed by atoms with Crippen LogP contribution in [-0.2, 0) is 9.59 Å². The molecule has 0 unspecified atom stereocenters. The third kappa shape index (κ3) is 5.04. The smallest absolute Gasteiger partial charge is 0.313 e. The topological polar surface area (TPSA) is 91.6 Å². The van der Waals surface area contributed by atoms with Crippen LogP contribution in [0.25, 0.3) is 0 Å². The largest absolute Gasteiger partial charge is 0.466 e. The maximum atomic E-state index is 13.1. The van der Waals surface area contributed by atoms with Crippen LogP contribution in [0, 0.1) is 19.7 Å². The number of benzene rings is 1. The van der Waals surface area contributed by atoms with Gasteiger partial charge in [-0.1, -0.05) is 11.6 Å². The van der Waals surface area contributed by atoms with Gasteiger partial charge in [-0.25, -0.2) is 4.39 Å². The first-order valence-corrected chi connectivity index (χ1v) is 7.95. The molecule has 6 nitrogen and oxygen atoms in total. The van der Waals surface area contributed by atoms with E-state index in [2.05, 4.69) is 10.6 Å². The van der Waals surface area contributed by atoms with Crippen LogP contribution < -0.4 is 10.6 Å². The van der Waals surface area contributed by atoms with Gasteiger partial charge >= 0.3 is 11.8 Å². The molecule has 1 heterocycles. The van der Waals surface area contributed by atoms with Gasteiger partial charge in [0, 0.05) is 17.8 Å². The van der Waals surface area contributed by atoms with E-state index < -0.39 is 23.7 Å². The van der Waals surface area contributed by atoms with Gasteiger partial charge < -0.3 is 20.2 Å². The first-order valence-electron chi connectivity index (χ1n) is 7.57. The third-order valence-corrected chi connectivity index (χ3v) is 3.82. The molecule has 1 aromatic carbocycles. The van der Waals surface area contributed by atoms with Crippen LogP contribution in [0.3, 0.4) is 0 Å². The summed E-state index contributed by atoms with van der Waals surface area (Å²) in [5, 5.41) is 14.7. The molecule has 0 fully saturated rings. The fraction of sp³-hybridized carbons (Fsp3) is 0.294. The summed E-state index contributed by atoms with van der Waals surface area (Å²) in [5.41, 5.74) is 0.855. The van der Waals surface area contributed by atoms with Gasteiger partial charge in [0.1, 0.15) is 17.3 Å². The van der Waals surface area contributed by atoms with Crippen LogP contribution in [0.4, 0.5) is 10.1 Å². The Kier molecular flexibility index (Phi) is 6.17. The highest BCUT2D eigenvalue weighted by molar-refractivity contribution is 6.39. The summed E-state index contributed by atoms with van der Waals surface area (Å²) in [6.45, 7) is 3.61. The summed E-state index contributed by atoms with van der Waals surface area (Å²) in [4.78, 5) is 23.5. The van der Waals surface area contributed by atoms with Gasteiger partial charge in [0.15, 0.2) is 0 Å². The molecule has 0 radical (unpaired) electrons. The Bertz CT molecular complexity index is 791. The first-order chi connectivity index (χ1) is 11.8. The number of rotatable bonds is 5. The number of aliphatic hydroxyl groups excluding tert-OH is 1. The molecule has 2 rings (SSSR count). The zero-order valence-electron chi connectivity index (χ0n) is 13.7. The van der Waals surface area contributed by atoms with E-state index in [4.69, 9.17) is 16.0 Å². The van der Waals surface area contributed by atoms with Crippen LogP contribution in [0.2, 0.25) is 5.02 Å². The highest BCUT2D eigenvalue weighted by Gasteiger charge is 2.17. The van der Waals surface area contributed by atoms with Crippen molar-refractivity contribution in [3.8, 4) is 0 Å². The van der Waals surface area contributed by atoms with E-state index >= 15 is 0 Å². The van der Waals surface area contributed by atoms with Crippen LogP contribution >= 0.6 is 11.6 Å². The van der Waals surface area contributed by atoms with Crippen molar-refractivity contribution in [2.75, 3.05) is 11.9 Å². The molecule has 1 aromatic heterocycles. The Morgan fingerprint density at radius 3 is 2.60 bits per heavy atom. The molecule has 2 amide bonds. The molecule has 1 atom stereocenters. The lowest BCUT2D eigenvalue weighted by atomic mass is 10.1. The predicted molar refractivity (Wildman–Crippen MR) is 90.8 cm³/mol. The van der Waals surface area contributed by atoms with Crippen molar-refractivity contribution in [2.24, 2.45) is 0 Å². The molecule has 0 saturated carbocycles. The van der Waals surface area contributed by atoms with Crippen molar-refractivity contribution >= 4 is 29.1 Å². The quantitative estimate of drug-likeness (QED) is 0.708. The Morgan fingerprint density at radius 2 is 2.00 bits per heavy atom. The van der Waals surface area contributed by atoms with Crippen molar-refractivity contribution in [3.05, 3.63) is 52.2 Å². The lowest BCUT2D eigenvalue weighted by molar-refractivity contribution is -0.136. The van der Waals surface area contributed by atoms with Crippen molar-refractivity contribution in [2.45, 2.75) is 26.4 Å². The van der Waals surface area contributed by atoms with Crippen molar-refractivity contribution in [1.29, 1.82) is 0 Å². The highest BCUT2D eigenvalue weighted by atomic mass is 35.5. The number of aliphatic hydroxyl groups is 1. The Morgan fingerprint density at radius 1 is 1.28 bits per heavy atom. The average molecular weight is 369 g/mol. The molecule has 0 bridgehead atoms. The van der Waals surface area contributed by atoms with Gasteiger partial charge in [0.25, 0.3) is 0 Å². The number of aryl methyl sites for hydroxylation is 2. The molecule has 2 aromatic rings. The minimum Gasteiger partial charge on any atom is -0.466 e. The summed E-state index contributed by atoms with van der Waals surface area (Å²) in [6.07, 6.45) is -0.585. The average Bonchev–Trinajstić information content (AvgIpc) is 2.89. The summed E-state index contributed by atoms with van der Waals surface area (Å²) in [6, 6.07) is 5.31. The van der Waals surface area contributed by atoms with Crippen LogP contribution in [0.1, 0.15) is 29.6 Å². The number of carbonyl (C=O) groups excluding carboxylic acids is 2. The van der Waals surface area contributed by atoms with Crippen LogP contribution in [0.5, 0.6) is 0 Å². The van der Waals surface area contributed by atoms with E-state index in [9.17, 15) is 19.1 Å². The number of hydrogen-bond acceptors (Lipinski definition) is 4. The number of anilines is 1. The number of carbonyl (C=O) groups is 2. The van der Waals surface area contributed by atoms with E-state index in [1.54, 1.807) is 19.9 Å². The fourth-order valence-corrected chi connectivity index (χ4v) is 2.48. The predicted octanol–water partition coefficient (Wildman–Crippen LogP) is 2.87. The van der Waals surface area contributed by atoms with Crippen molar-refractivity contribution in [3.63, 3.8) is 0 Å². The van der Waals surface area contributed by atoms with Gasteiger partial charge in [0.2, 0.25) is 0 Å². The second-order valence-corrected chi connectivity index (χ2v) is 5.92. The lowest BCUT2D eigenvalue weighted by Gasteiger charge is -2.11. The van der Waals surface area contributed by atoms with Gasteiger partial charge in [-0.2, -0.15) is 0 Å². The van der Waals surface area contributed by atoms with Gasteiger partial charge in [-0.15, -0.1) is 0 Å². The maximum Gasteiger partial charge on any atom is 0.313 e. The Labute approximate surface area is 149 Å². The maximum absolute atomic E-state index is 13.1. The normalized spacial score (nSPS) is 11.9. The second-order valence-electron chi connectivity index (χ2n) is 5.51. The monoisotopic (exact) mass is 368 g/mol. The molecule has 0 aliphatic rings. The molecule has 0 spiro atoms. The highest BCUT2D eigenvalue weighted by Crippen LogP contribution is 2.23. The van der Waals surface area contributed by atoms with Crippen molar-refractivity contribution < 1.29 is 23.5 Å². The Hall–Kier alpha value is -2.38. The molecule has 0 saturated heterocycles. The summed E-state index contributed by atoms with van der Waals surface area (Å²) >= 11 is 5.61. The number of nitrogens with one attached hydrogen (secondary N) is 2. The van der Waals surface area contributed by atoms with E-state index in [0.717, 1.165) is 6.07 Å². The number of amides is 2. The third-order valence-electron chi connectivity index (χ3n) is 3.53.